The molecule has 1 aromatic heterocycles. The number of nitrogens with zero attached hydrogens (tertiary/aromatic N) is 1. The maximum absolute atomic E-state index is 12.8. The zero-order chi connectivity index (χ0) is 12.1. The molecule has 1 saturated heterocycles. The first-order valence-electron chi connectivity index (χ1n) is 5.78. The van der Waals surface area contributed by atoms with Crippen LogP contribution < -0.4 is 5.32 Å². The second-order valence-corrected chi connectivity index (χ2v) is 5.45. The Labute approximate surface area is 104 Å². The smallest absolute Gasteiger partial charge is 0.270 e. The molecule has 0 radical (unpaired) electrons. The van der Waals surface area contributed by atoms with Crippen LogP contribution in [0.3, 0.4) is 0 Å². The van der Waals surface area contributed by atoms with Gasteiger partial charge in [-0.05, 0) is 30.7 Å². The summed E-state index contributed by atoms with van der Waals surface area (Å²) in [6.07, 6.45) is 3.63. The number of rotatable bonds is 3. The molecule has 1 fully saturated rings. The Bertz CT molecular complexity index is 394. The van der Waals surface area contributed by atoms with Crippen molar-refractivity contribution in [3.8, 4) is 0 Å². The second kappa shape index (κ2) is 6.00. The Balaban J connectivity index is 1.84. The molecule has 1 N–H and O–H groups in total. The standard InChI is InChI=1S/C12H15FN2OS/c13-11-6-3-5-10(15-11)12(16)14-8-9-4-1-2-7-17-9/h3,5-6,9H,1-2,4,7-8H2,(H,14,16). The third kappa shape index (κ3) is 3.70. The van der Waals surface area contributed by atoms with E-state index in [-0.39, 0.29) is 11.6 Å². The molecule has 2 rings (SSSR count). The molecule has 1 atom stereocenters. The van der Waals surface area contributed by atoms with Crippen molar-refractivity contribution in [1.82, 2.24) is 10.3 Å². The van der Waals surface area contributed by atoms with E-state index in [1.54, 1.807) is 0 Å². The Morgan fingerprint density at radius 1 is 1.53 bits per heavy atom. The summed E-state index contributed by atoms with van der Waals surface area (Å²) in [4.78, 5) is 15.2. The molecule has 0 spiro atoms. The van der Waals surface area contributed by atoms with Crippen molar-refractivity contribution in [2.24, 2.45) is 0 Å². The first-order chi connectivity index (χ1) is 8.25. The predicted octanol–water partition coefficient (Wildman–Crippen LogP) is 2.24. The fourth-order valence-electron chi connectivity index (χ4n) is 1.80. The van der Waals surface area contributed by atoms with E-state index in [0.29, 0.717) is 11.8 Å². The number of hydrogen-bond acceptors (Lipinski definition) is 3. The van der Waals surface area contributed by atoms with Crippen LogP contribution in [0.15, 0.2) is 18.2 Å². The highest BCUT2D eigenvalue weighted by molar-refractivity contribution is 7.99. The zero-order valence-electron chi connectivity index (χ0n) is 9.49. The van der Waals surface area contributed by atoms with Gasteiger partial charge in [-0.1, -0.05) is 12.5 Å². The minimum Gasteiger partial charge on any atom is -0.350 e. The molecule has 0 bridgehead atoms. The Kier molecular flexibility index (Phi) is 4.36. The number of halogens is 1. The van der Waals surface area contributed by atoms with Gasteiger partial charge in [-0.25, -0.2) is 4.98 Å². The van der Waals surface area contributed by atoms with Crippen molar-refractivity contribution in [3.05, 3.63) is 29.8 Å². The molecule has 1 aromatic rings. The molecule has 0 aromatic carbocycles. The van der Waals surface area contributed by atoms with E-state index < -0.39 is 5.95 Å². The Hall–Kier alpha value is -1.10. The number of amides is 1. The first kappa shape index (κ1) is 12.4. The fourth-order valence-corrected chi connectivity index (χ4v) is 3.04. The van der Waals surface area contributed by atoms with E-state index in [0.717, 1.165) is 6.42 Å². The highest BCUT2D eigenvalue weighted by Crippen LogP contribution is 2.24. The summed E-state index contributed by atoms with van der Waals surface area (Å²) >= 11 is 1.89. The molecule has 0 saturated carbocycles. The summed E-state index contributed by atoms with van der Waals surface area (Å²) in [5.74, 6) is 0.249. The number of thioether (sulfide) groups is 1. The fraction of sp³-hybridized carbons (Fsp3) is 0.500. The maximum Gasteiger partial charge on any atom is 0.270 e. The number of carbonyl (C=O) groups is 1. The van der Waals surface area contributed by atoms with Gasteiger partial charge in [-0.15, -0.1) is 0 Å². The first-order valence-corrected chi connectivity index (χ1v) is 6.83. The van der Waals surface area contributed by atoms with Gasteiger partial charge >= 0.3 is 0 Å². The average Bonchev–Trinajstić information content (AvgIpc) is 2.37. The summed E-state index contributed by atoms with van der Waals surface area (Å²) in [5.41, 5.74) is 0.144. The van der Waals surface area contributed by atoms with E-state index in [1.807, 2.05) is 11.8 Å². The van der Waals surface area contributed by atoms with Crippen LogP contribution in [0, 0.1) is 5.95 Å². The topological polar surface area (TPSA) is 42.0 Å². The molecule has 1 aliphatic rings. The van der Waals surface area contributed by atoms with E-state index in [2.05, 4.69) is 10.3 Å². The van der Waals surface area contributed by atoms with E-state index in [4.69, 9.17) is 0 Å². The second-order valence-electron chi connectivity index (χ2n) is 4.04. The van der Waals surface area contributed by atoms with Crippen LogP contribution in [-0.2, 0) is 0 Å². The zero-order valence-corrected chi connectivity index (χ0v) is 10.3. The molecule has 3 nitrogen and oxygen atoms in total. The predicted molar refractivity (Wildman–Crippen MR) is 66.6 cm³/mol. The van der Waals surface area contributed by atoms with Crippen LogP contribution in [0.4, 0.5) is 4.39 Å². The van der Waals surface area contributed by atoms with Crippen molar-refractivity contribution >= 4 is 17.7 Å². The third-order valence-electron chi connectivity index (χ3n) is 2.71. The van der Waals surface area contributed by atoms with Gasteiger partial charge in [0.05, 0.1) is 0 Å². The molecule has 17 heavy (non-hydrogen) atoms. The highest BCUT2D eigenvalue weighted by Gasteiger charge is 2.15. The van der Waals surface area contributed by atoms with Gasteiger partial charge in [0.15, 0.2) is 0 Å². The van der Waals surface area contributed by atoms with Crippen LogP contribution in [0.1, 0.15) is 29.8 Å². The highest BCUT2D eigenvalue weighted by atomic mass is 32.2. The van der Waals surface area contributed by atoms with Crippen LogP contribution in [0.2, 0.25) is 0 Å². The average molecular weight is 254 g/mol. The van der Waals surface area contributed by atoms with E-state index in [9.17, 15) is 9.18 Å². The summed E-state index contributed by atoms with van der Waals surface area (Å²) in [7, 11) is 0. The van der Waals surface area contributed by atoms with Crippen molar-refractivity contribution in [2.45, 2.75) is 24.5 Å². The molecular weight excluding hydrogens is 239 g/mol. The van der Waals surface area contributed by atoms with E-state index in [1.165, 1.54) is 36.8 Å². The summed E-state index contributed by atoms with van der Waals surface area (Å²) in [6, 6.07) is 4.24. The SMILES string of the molecule is O=C(NCC1CCCCS1)c1cccc(F)n1. The van der Waals surface area contributed by atoms with Gasteiger partial charge in [-0.2, -0.15) is 16.2 Å². The molecule has 1 unspecified atom stereocenters. The molecule has 0 aliphatic carbocycles. The minimum absolute atomic E-state index is 0.144. The lowest BCUT2D eigenvalue weighted by Crippen LogP contribution is -2.32. The number of hydrogen-bond donors (Lipinski definition) is 1. The van der Waals surface area contributed by atoms with Crippen molar-refractivity contribution in [2.75, 3.05) is 12.3 Å². The van der Waals surface area contributed by atoms with Gasteiger partial charge in [-0.3, -0.25) is 4.79 Å². The lowest BCUT2D eigenvalue weighted by Gasteiger charge is -2.21. The normalized spacial score (nSPS) is 19.9. The van der Waals surface area contributed by atoms with Gasteiger partial charge < -0.3 is 5.32 Å². The van der Waals surface area contributed by atoms with Crippen LogP contribution in [0.5, 0.6) is 0 Å². The number of nitrogens with one attached hydrogen (secondary N) is 1. The van der Waals surface area contributed by atoms with Crippen molar-refractivity contribution < 1.29 is 9.18 Å². The van der Waals surface area contributed by atoms with Gasteiger partial charge in [0.1, 0.15) is 5.69 Å². The maximum atomic E-state index is 12.8. The van der Waals surface area contributed by atoms with Gasteiger partial charge in [0, 0.05) is 11.8 Å². The number of carbonyl (C=O) groups excluding carboxylic acids is 1. The number of pyridine rings is 1. The van der Waals surface area contributed by atoms with Crippen LogP contribution >= 0.6 is 11.8 Å². The molecule has 2 heterocycles. The molecular formula is C12H15FN2OS. The number of aromatic nitrogens is 1. The minimum atomic E-state index is -0.621. The molecule has 5 heteroatoms. The molecule has 92 valence electrons. The summed E-state index contributed by atoms with van der Waals surface area (Å²) < 4.78 is 12.8. The van der Waals surface area contributed by atoms with Crippen LogP contribution in [-0.4, -0.2) is 28.4 Å². The quantitative estimate of drug-likeness (QED) is 0.841. The molecule has 1 amide bonds. The Morgan fingerprint density at radius 2 is 2.41 bits per heavy atom. The van der Waals surface area contributed by atoms with Crippen molar-refractivity contribution in [3.63, 3.8) is 0 Å². The monoisotopic (exact) mass is 254 g/mol. The van der Waals surface area contributed by atoms with Gasteiger partial charge in [0.2, 0.25) is 5.95 Å². The lowest BCUT2D eigenvalue weighted by atomic mass is 10.2. The van der Waals surface area contributed by atoms with Crippen molar-refractivity contribution in [1.29, 1.82) is 0 Å². The lowest BCUT2D eigenvalue weighted by molar-refractivity contribution is 0.0947. The molecule has 1 aliphatic heterocycles. The summed E-state index contributed by atoms with van der Waals surface area (Å²) in [5, 5.41) is 3.29. The van der Waals surface area contributed by atoms with Crippen LogP contribution in [0.25, 0.3) is 0 Å². The third-order valence-corrected chi connectivity index (χ3v) is 4.11. The van der Waals surface area contributed by atoms with E-state index >= 15 is 0 Å². The Morgan fingerprint density at radius 3 is 3.12 bits per heavy atom. The largest absolute Gasteiger partial charge is 0.350 e. The van der Waals surface area contributed by atoms with Gasteiger partial charge in [0.25, 0.3) is 5.91 Å². The summed E-state index contributed by atoms with van der Waals surface area (Å²) in [6.45, 7) is 0.641.